The van der Waals surface area contributed by atoms with Crippen molar-refractivity contribution in [1.82, 2.24) is 5.32 Å². The lowest BCUT2D eigenvalue weighted by Crippen LogP contribution is -2.39. The second-order valence-electron chi connectivity index (χ2n) is 5.77. The third kappa shape index (κ3) is 3.69. The largest absolute Gasteiger partial charge is 0.379 e. The average Bonchev–Trinajstić information content (AvgIpc) is 2.45. The molecule has 1 aromatic carbocycles. The van der Waals surface area contributed by atoms with Crippen LogP contribution in [0.2, 0.25) is 0 Å². The van der Waals surface area contributed by atoms with E-state index in [0.717, 1.165) is 25.9 Å². The molecule has 0 aliphatic carbocycles. The fourth-order valence-electron chi connectivity index (χ4n) is 2.51. The van der Waals surface area contributed by atoms with E-state index in [0.29, 0.717) is 12.2 Å². The van der Waals surface area contributed by atoms with Crippen LogP contribution in [0.5, 0.6) is 0 Å². The summed E-state index contributed by atoms with van der Waals surface area (Å²) < 4.78 is 0. The zero-order valence-electron chi connectivity index (χ0n) is 12.0. The molecule has 21 heavy (non-hydrogen) atoms. The molecule has 1 heterocycles. The topological polar surface area (TPSA) is 110 Å². The number of rotatable bonds is 5. The number of hydrogen-bond acceptors (Lipinski definition) is 5. The van der Waals surface area contributed by atoms with Gasteiger partial charge in [-0.1, -0.05) is 6.92 Å². The molecule has 0 atom stereocenters. The summed E-state index contributed by atoms with van der Waals surface area (Å²) in [5, 5.41) is 17.5. The molecule has 1 aliphatic rings. The van der Waals surface area contributed by atoms with Gasteiger partial charge in [0.25, 0.3) is 5.69 Å². The van der Waals surface area contributed by atoms with E-state index in [1.165, 1.54) is 18.2 Å². The lowest BCUT2D eigenvalue weighted by atomic mass is 9.81. The Morgan fingerprint density at radius 2 is 2.14 bits per heavy atom. The number of nitrogens with zero attached hydrogens (tertiary/aromatic N) is 1. The summed E-state index contributed by atoms with van der Waals surface area (Å²) in [6.45, 7) is 4.67. The third-order valence-electron chi connectivity index (χ3n) is 3.99. The van der Waals surface area contributed by atoms with Crippen molar-refractivity contribution in [2.24, 2.45) is 11.1 Å². The zero-order valence-corrected chi connectivity index (χ0v) is 12.0. The number of primary amides is 1. The van der Waals surface area contributed by atoms with Gasteiger partial charge in [0.2, 0.25) is 5.91 Å². The Labute approximate surface area is 123 Å². The SMILES string of the molecule is CC1(CNc2cc(C(N)=O)ccc2[N+](=O)[O-])CCNCC1. The molecule has 114 valence electrons. The molecule has 2 rings (SSSR count). The van der Waals surface area contributed by atoms with Crippen molar-refractivity contribution < 1.29 is 9.72 Å². The Morgan fingerprint density at radius 1 is 1.48 bits per heavy atom. The first-order chi connectivity index (χ1) is 9.91. The lowest BCUT2D eigenvalue weighted by Gasteiger charge is -2.34. The number of nitrogens with two attached hydrogens (primary N) is 1. The summed E-state index contributed by atoms with van der Waals surface area (Å²) in [6.07, 6.45) is 2.01. The van der Waals surface area contributed by atoms with Crippen LogP contribution in [0.25, 0.3) is 0 Å². The van der Waals surface area contributed by atoms with Crippen molar-refractivity contribution >= 4 is 17.3 Å². The van der Waals surface area contributed by atoms with E-state index in [9.17, 15) is 14.9 Å². The number of nitro groups is 1. The van der Waals surface area contributed by atoms with E-state index in [4.69, 9.17) is 5.73 Å². The van der Waals surface area contributed by atoms with Crippen LogP contribution in [-0.2, 0) is 0 Å². The van der Waals surface area contributed by atoms with Gasteiger partial charge in [0.15, 0.2) is 0 Å². The molecule has 0 unspecified atom stereocenters. The molecule has 7 heteroatoms. The Balaban J connectivity index is 2.18. The molecule has 0 aromatic heterocycles. The van der Waals surface area contributed by atoms with Crippen LogP contribution in [-0.4, -0.2) is 30.5 Å². The van der Waals surface area contributed by atoms with Crippen LogP contribution >= 0.6 is 0 Å². The zero-order chi connectivity index (χ0) is 15.5. The van der Waals surface area contributed by atoms with Crippen molar-refractivity contribution in [2.45, 2.75) is 19.8 Å². The van der Waals surface area contributed by atoms with Gasteiger partial charge in [-0.05, 0) is 43.5 Å². The third-order valence-corrected chi connectivity index (χ3v) is 3.99. The number of carbonyl (C=O) groups excluding carboxylic acids is 1. The van der Waals surface area contributed by atoms with Gasteiger partial charge in [0, 0.05) is 18.2 Å². The van der Waals surface area contributed by atoms with Crippen LogP contribution in [0.15, 0.2) is 18.2 Å². The Bertz CT molecular complexity index is 553. The number of carbonyl (C=O) groups is 1. The molecule has 1 saturated heterocycles. The number of piperidine rings is 1. The minimum atomic E-state index is -0.596. The van der Waals surface area contributed by atoms with Gasteiger partial charge in [-0.25, -0.2) is 0 Å². The maximum Gasteiger partial charge on any atom is 0.292 e. The lowest BCUT2D eigenvalue weighted by molar-refractivity contribution is -0.384. The summed E-state index contributed by atoms with van der Waals surface area (Å²) >= 11 is 0. The predicted molar refractivity (Wildman–Crippen MR) is 80.3 cm³/mol. The highest BCUT2D eigenvalue weighted by Crippen LogP contribution is 2.31. The second-order valence-corrected chi connectivity index (χ2v) is 5.77. The number of benzene rings is 1. The smallest absolute Gasteiger partial charge is 0.292 e. The van der Waals surface area contributed by atoms with Crippen molar-refractivity contribution in [2.75, 3.05) is 25.0 Å². The predicted octanol–water partition coefficient (Wildman–Crippen LogP) is 1.50. The summed E-state index contributed by atoms with van der Waals surface area (Å²) in [7, 11) is 0. The van der Waals surface area contributed by atoms with Gasteiger partial charge in [0.05, 0.1) is 4.92 Å². The Hall–Kier alpha value is -2.15. The van der Waals surface area contributed by atoms with E-state index in [-0.39, 0.29) is 16.7 Å². The van der Waals surface area contributed by atoms with E-state index < -0.39 is 10.8 Å². The molecular formula is C14H20N4O3. The molecule has 4 N–H and O–H groups in total. The van der Waals surface area contributed by atoms with E-state index in [2.05, 4.69) is 17.6 Å². The Kier molecular flexibility index (Phi) is 4.42. The molecule has 0 bridgehead atoms. The van der Waals surface area contributed by atoms with Crippen LogP contribution in [0, 0.1) is 15.5 Å². The second kappa shape index (κ2) is 6.09. The number of hydrogen-bond donors (Lipinski definition) is 3. The first kappa shape index (κ1) is 15.2. The monoisotopic (exact) mass is 292 g/mol. The van der Waals surface area contributed by atoms with Crippen molar-refractivity contribution in [3.63, 3.8) is 0 Å². The summed E-state index contributed by atoms with van der Waals surface area (Å²) in [5.41, 5.74) is 5.88. The van der Waals surface area contributed by atoms with Crippen LogP contribution in [0.4, 0.5) is 11.4 Å². The maximum atomic E-state index is 11.2. The average molecular weight is 292 g/mol. The fourth-order valence-corrected chi connectivity index (χ4v) is 2.51. The van der Waals surface area contributed by atoms with E-state index >= 15 is 0 Å². The minimum Gasteiger partial charge on any atom is -0.379 e. The number of amides is 1. The minimum absolute atomic E-state index is 0.0439. The molecule has 1 fully saturated rings. The number of anilines is 1. The van der Waals surface area contributed by atoms with Gasteiger partial charge in [-0.2, -0.15) is 0 Å². The van der Waals surface area contributed by atoms with Crippen molar-refractivity contribution in [3.05, 3.63) is 33.9 Å². The molecule has 1 aromatic rings. The molecule has 1 amide bonds. The van der Waals surface area contributed by atoms with E-state index in [1.54, 1.807) is 0 Å². The normalized spacial score (nSPS) is 17.2. The fraction of sp³-hybridized carbons (Fsp3) is 0.500. The Morgan fingerprint density at radius 3 is 2.71 bits per heavy atom. The summed E-state index contributed by atoms with van der Waals surface area (Å²) in [5.74, 6) is -0.596. The number of nitrogens with one attached hydrogen (secondary N) is 2. The molecule has 0 radical (unpaired) electrons. The highest BCUT2D eigenvalue weighted by Gasteiger charge is 2.27. The van der Waals surface area contributed by atoms with Gasteiger partial charge >= 0.3 is 0 Å². The van der Waals surface area contributed by atoms with Crippen LogP contribution in [0.1, 0.15) is 30.1 Å². The van der Waals surface area contributed by atoms with Crippen LogP contribution < -0.4 is 16.4 Å². The molecular weight excluding hydrogens is 272 g/mol. The van der Waals surface area contributed by atoms with Gasteiger partial charge in [-0.15, -0.1) is 0 Å². The first-order valence-electron chi connectivity index (χ1n) is 6.94. The molecule has 1 aliphatic heterocycles. The quantitative estimate of drug-likeness (QED) is 0.562. The van der Waals surface area contributed by atoms with Gasteiger partial charge in [0.1, 0.15) is 5.69 Å². The van der Waals surface area contributed by atoms with Crippen molar-refractivity contribution in [3.8, 4) is 0 Å². The van der Waals surface area contributed by atoms with E-state index in [1.807, 2.05) is 0 Å². The standard InChI is InChI=1S/C14H20N4O3/c1-14(4-6-16-7-5-14)9-17-11-8-10(13(15)19)2-3-12(11)18(20)21/h2-3,8,16-17H,4-7,9H2,1H3,(H2,15,19). The van der Waals surface area contributed by atoms with Gasteiger partial charge in [-0.3, -0.25) is 14.9 Å². The number of nitro benzene ring substituents is 1. The summed E-state index contributed by atoms with van der Waals surface area (Å²) in [6, 6.07) is 4.13. The summed E-state index contributed by atoms with van der Waals surface area (Å²) in [4.78, 5) is 21.8. The van der Waals surface area contributed by atoms with Crippen molar-refractivity contribution in [1.29, 1.82) is 0 Å². The molecule has 0 spiro atoms. The molecule has 7 nitrogen and oxygen atoms in total. The van der Waals surface area contributed by atoms with Crippen LogP contribution in [0.3, 0.4) is 0 Å². The van der Waals surface area contributed by atoms with Gasteiger partial charge < -0.3 is 16.4 Å². The highest BCUT2D eigenvalue weighted by atomic mass is 16.6. The highest BCUT2D eigenvalue weighted by molar-refractivity contribution is 5.94. The first-order valence-corrected chi connectivity index (χ1v) is 6.94. The maximum absolute atomic E-state index is 11.2. The molecule has 0 saturated carbocycles.